The summed E-state index contributed by atoms with van der Waals surface area (Å²) >= 11 is 8.32. The van der Waals surface area contributed by atoms with Gasteiger partial charge in [0.15, 0.2) is 5.17 Å². The Balaban J connectivity index is 1.98. The zero-order chi connectivity index (χ0) is 18.7. The Labute approximate surface area is 164 Å². The van der Waals surface area contributed by atoms with Gasteiger partial charge in [0.25, 0.3) is 15.9 Å². The molecule has 26 heavy (non-hydrogen) atoms. The molecule has 3 rings (SSSR count). The summed E-state index contributed by atoms with van der Waals surface area (Å²) in [6.45, 7) is 3.79. The minimum Gasteiger partial charge on any atom is -0.282 e. The average Bonchev–Trinajstić information content (AvgIpc) is 3.20. The van der Waals surface area contributed by atoms with Crippen molar-refractivity contribution in [2.45, 2.75) is 4.90 Å². The van der Waals surface area contributed by atoms with Crippen molar-refractivity contribution in [2.24, 2.45) is 4.40 Å². The smallest absolute Gasteiger partial charge is 0.282 e. The van der Waals surface area contributed by atoms with E-state index in [2.05, 4.69) is 11.0 Å². The summed E-state index contributed by atoms with van der Waals surface area (Å²) in [5, 5.41) is 2.43. The zero-order valence-corrected chi connectivity index (χ0v) is 16.5. The number of rotatable bonds is 5. The first-order valence-corrected chi connectivity index (χ1v) is 10.9. The zero-order valence-electron chi connectivity index (χ0n) is 13.3. The van der Waals surface area contributed by atoms with Crippen LogP contribution in [0.5, 0.6) is 0 Å². The number of benzene rings is 1. The Bertz CT molecular complexity index is 994. The molecule has 0 aliphatic carbocycles. The predicted molar refractivity (Wildman–Crippen MR) is 108 cm³/mol. The van der Waals surface area contributed by atoms with Crippen molar-refractivity contribution in [3.63, 3.8) is 0 Å². The van der Waals surface area contributed by atoms with Gasteiger partial charge in [-0.3, -0.25) is 9.69 Å². The summed E-state index contributed by atoms with van der Waals surface area (Å²) in [6.07, 6.45) is 3.25. The molecule has 0 unspecified atom stereocenters. The largest absolute Gasteiger partial charge is 0.284 e. The molecule has 1 aliphatic heterocycles. The Hall–Kier alpha value is -1.87. The van der Waals surface area contributed by atoms with Crippen molar-refractivity contribution in [3.8, 4) is 0 Å². The van der Waals surface area contributed by atoms with Crippen molar-refractivity contribution in [3.05, 3.63) is 69.2 Å². The van der Waals surface area contributed by atoms with E-state index in [4.69, 9.17) is 11.6 Å². The number of thiophene rings is 1. The molecular formula is C17H13ClN2O3S3. The van der Waals surface area contributed by atoms with Crippen molar-refractivity contribution >= 4 is 61.9 Å². The average molecular weight is 425 g/mol. The predicted octanol–water partition coefficient (Wildman–Crippen LogP) is 4.25. The Kier molecular flexibility index (Phi) is 5.67. The van der Waals surface area contributed by atoms with Crippen LogP contribution in [0.15, 0.2) is 68.6 Å². The van der Waals surface area contributed by atoms with Crippen LogP contribution in [-0.4, -0.2) is 30.9 Å². The molecule has 1 fully saturated rings. The normalized spacial score (nSPS) is 18.0. The Morgan fingerprint density at radius 2 is 1.96 bits per heavy atom. The van der Waals surface area contributed by atoms with Crippen molar-refractivity contribution in [2.75, 3.05) is 6.54 Å². The van der Waals surface area contributed by atoms with Gasteiger partial charge in [0.2, 0.25) is 0 Å². The number of amidine groups is 1. The van der Waals surface area contributed by atoms with E-state index in [9.17, 15) is 13.2 Å². The summed E-state index contributed by atoms with van der Waals surface area (Å²) in [5.41, 5.74) is 0. The summed E-state index contributed by atoms with van der Waals surface area (Å²) in [6, 6.07) is 9.47. The van der Waals surface area contributed by atoms with Crippen LogP contribution in [0.25, 0.3) is 6.08 Å². The number of hydrogen-bond acceptors (Lipinski definition) is 5. The van der Waals surface area contributed by atoms with Gasteiger partial charge in [-0.05, 0) is 53.5 Å². The molecule has 0 radical (unpaired) electrons. The van der Waals surface area contributed by atoms with Gasteiger partial charge in [0.05, 0.1) is 9.80 Å². The maximum absolute atomic E-state index is 12.6. The molecule has 134 valence electrons. The molecule has 1 aromatic carbocycles. The first-order chi connectivity index (χ1) is 12.4. The highest BCUT2D eigenvalue weighted by molar-refractivity contribution is 8.19. The molecule has 0 bridgehead atoms. The molecule has 1 saturated heterocycles. The quantitative estimate of drug-likeness (QED) is 0.531. The van der Waals surface area contributed by atoms with E-state index in [0.717, 1.165) is 16.6 Å². The van der Waals surface area contributed by atoms with Crippen molar-refractivity contribution < 1.29 is 13.2 Å². The SMILES string of the molecule is C=CCN1C(=O)C(=Cc2cccs2)SC1=NS(=O)(=O)c1ccc(Cl)cc1. The van der Waals surface area contributed by atoms with Crippen LogP contribution in [0.1, 0.15) is 4.88 Å². The van der Waals surface area contributed by atoms with Gasteiger partial charge in [-0.1, -0.05) is 23.7 Å². The van der Waals surface area contributed by atoms with Crippen LogP contribution in [0, 0.1) is 0 Å². The number of hydrogen-bond donors (Lipinski definition) is 0. The lowest BCUT2D eigenvalue weighted by Crippen LogP contribution is -2.29. The standard InChI is InChI=1S/C17H13ClN2O3S3/c1-2-9-20-16(21)15(11-13-4-3-10-24-13)25-17(20)19-26(22,23)14-7-5-12(18)6-8-14/h2-8,10-11H,1,9H2. The van der Waals surface area contributed by atoms with Crippen LogP contribution in [0.2, 0.25) is 5.02 Å². The lowest BCUT2D eigenvalue weighted by molar-refractivity contribution is -0.121. The van der Waals surface area contributed by atoms with Gasteiger partial charge < -0.3 is 0 Å². The number of carbonyl (C=O) groups is 1. The van der Waals surface area contributed by atoms with Crippen LogP contribution in [-0.2, 0) is 14.8 Å². The monoisotopic (exact) mass is 424 g/mol. The van der Waals surface area contributed by atoms with E-state index in [1.54, 1.807) is 6.08 Å². The second-order valence-electron chi connectivity index (χ2n) is 5.13. The third-order valence-electron chi connectivity index (χ3n) is 3.33. The third kappa shape index (κ3) is 4.09. The molecular weight excluding hydrogens is 412 g/mol. The molecule has 5 nitrogen and oxygen atoms in total. The molecule has 2 heterocycles. The van der Waals surface area contributed by atoms with Gasteiger partial charge in [-0.25, -0.2) is 0 Å². The van der Waals surface area contributed by atoms with Gasteiger partial charge in [-0.2, -0.15) is 8.42 Å². The first kappa shape index (κ1) is 18.9. The number of sulfonamides is 1. The van der Waals surface area contributed by atoms with E-state index in [0.29, 0.717) is 9.93 Å². The Morgan fingerprint density at radius 3 is 2.58 bits per heavy atom. The second-order valence-corrected chi connectivity index (χ2v) is 9.16. The lowest BCUT2D eigenvalue weighted by Gasteiger charge is -2.12. The van der Waals surface area contributed by atoms with E-state index in [1.165, 1.54) is 46.6 Å². The minimum atomic E-state index is -3.96. The van der Waals surface area contributed by atoms with E-state index in [1.807, 2.05) is 17.5 Å². The molecule has 1 aromatic heterocycles. The molecule has 0 N–H and O–H groups in total. The number of thioether (sulfide) groups is 1. The molecule has 0 atom stereocenters. The maximum atomic E-state index is 12.6. The minimum absolute atomic E-state index is 0.0108. The first-order valence-electron chi connectivity index (χ1n) is 7.37. The summed E-state index contributed by atoms with van der Waals surface area (Å²) in [5.74, 6) is -0.298. The molecule has 0 saturated carbocycles. The molecule has 1 amide bonds. The van der Waals surface area contributed by atoms with Crippen molar-refractivity contribution in [1.82, 2.24) is 4.90 Å². The highest BCUT2D eigenvalue weighted by Crippen LogP contribution is 2.34. The molecule has 9 heteroatoms. The van der Waals surface area contributed by atoms with Gasteiger partial charge in [0, 0.05) is 16.4 Å². The molecule has 2 aromatic rings. The third-order valence-corrected chi connectivity index (χ3v) is 6.80. The number of halogens is 1. The van der Waals surface area contributed by atoms with Crippen LogP contribution in [0.3, 0.4) is 0 Å². The fourth-order valence-electron chi connectivity index (χ4n) is 2.13. The van der Waals surface area contributed by atoms with Crippen LogP contribution < -0.4 is 0 Å². The van der Waals surface area contributed by atoms with E-state index >= 15 is 0 Å². The Morgan fingerprint density at radius 1 is 1.23 bits per heavy atom. The number of amides is 1. The summed E-state index contributed by atoms with van der Waals surface area (Å²) in [4.78, 5) is 15.2. The lowest BCUT2D eigenvalue weighted by atomic mass is 10.3. The fourth-order valence-corrected chi connectivity index (χ4v) is 5.17. The van der Waals surface area contributed by atoms with E-state index in [-0.39, 0.29) is 22.5 Å². The fraction of sp³-hybridized carbons (Fsp3) is 0.0588. The summed E-state index contributed by atoms with van der Waals surface area (Å²) in [7, 11) is -3.96. The topological polar surface area (TPSA) is 66.8 Å². The van der Waals surface area contributed by atoms with Crippen LogP contribution in [0.4, 0.5) is 0 Å². The molecule has 1 aliphatic rings. The highest BCUT2D eigenvalue weighted by Gasteiger charge is 2.34. The maximum Gasteiger partial charge on any atom is 0.284 e. The molecule has 0 spiro atoms. The highest BCUT2D eigenvalue weighted by atomic mass is 35.5. The van der Waals surface area contributed by atoms with Gasteiger partial charge >= 0.3 is 0 Å². The number of carbonyl (C=O) groups excluding carboxylic acids is 1. The van der Waals surface area contributed by atoms with Gasteiger partial charge in [0.1, 0.15) is 0 Å². The van der Waals surface area contributed by atoms with Crippen LogP contribution >= 0.6 is 34.7 Å². The summed E-state index contributed by atoms with van der Waals surface area (Å²) < 4.78 is 29.0. The van der Waals surface area contributed by atoms with Crippen molar-refractivity contribution in [1.29, 1.82) is 0 Å². The van der Waals surface area contributed by atoms with E-state index < -0.39 is 10.0 Å². The number of nitrogens with zero attached hydrogens (tertiary/aromatic N) is 2. The van der Waals surface area contributed by atoms with Gasteiger partial charge in [-0.15, -0.1) is 22.3 Å². The second kappa shape index (κ2) is 7.79.